The lowest BCUT2D eigenvalue weighted by molar-refractivity contribution is -0.00111. The molecule has 0 fully saturated rings. The number of benzene rings is 2. The van der Waals surface area contributed by atoms with Crippen molar-refractivity contribution < 1.29 is 13.7 Å². The second-order valence-electron chi connectivity index (χ2n) is 6.74. The fraction of sp³-hybridized carbons (Fsp3) is 0.200. The maximum Gasteiger partial charge on any atom is 0.231 e. The molecule has 0 bridgehead atoms. The van der Waals surface area contributed by atoms with Gasteiger partial charge < -0.3 is 9.26 Å². The van der Waals surface area contributed by atoms with Crippen LogP contribution in [0.4, 0.5) is 4.39 Å². The molecule has 4 aromatic rings. The Balaban J connectivity index is 1.35. The van der Waals surface area contributed by atoms with Crippen molar-refractivity contribution in [3.8, 4) is 11.5 Å². The summed E-state index contributed by atoms with van der Waals surface area (Å²) >= 11 is 5.95. The van der Waals surface area contributed by atoms with Crippen LogP contribution >= 0.6 is 11.6 Å². The molecule has 2 aromatic carbocycles. The Morgan fingerprint density at radius 2 is 2.03 bits per heavy atom. The van der Waals surface area contributed by atoms with Crippen LogP contribution in [-0.4, -0.2) is 25.1 Å². The van der Waals surface area contributed by atoms with Crippen molar-refractivity contribution >= 4 is 11.6 Å². The molecule has 1 aliphatic heterocycles. The van der Waals surface area contributed by atoms with Gasteiger partial charge in [-0.05, 0) is 35.4 Å². The van der Waals surface area contributed by atoms with E-state index in [-0.39, 0.29) is 11.9 Å². The highest BCUT2D eigenvalue weighted by molar-refractivity contribution is 6.30. The minimum absolute atomic E-state index is 0.136. The van der Waals surface area contributed by atoms with E-state index in [2.05, 4.69) is 20.5 Å². The molecule has 0 unspecified atom stereocenters. The summed E-state index contributed by atoms with van der Waals surface area (Å²) in [6, 6.07) is 13.8. The third kappa shape index (κ3) is 3.64. The molecule has 146 valence electrons. The molecule has 0 spiro atoms. The van der Waals surface area contributed by atoms with Crippen LogP contribution in [-0.2, 0) is 24.3 Å². The number of hydrogen-bond acceptors (Lipinski definition) is 6. The smallest absolute Gasteiger partial charge is 0.231 e. The summed E-state index contributed by atoms with van der Waals surface area (Å²) in [5.41, 5.74) is 3.08. The number of nitrogens with zero attached hydrogens (tertiary/aromatic N) is 5. The maximum absolute atomic E-state index is 13.4. The van der Waals surface area contributed by atoms with Gasteiger partial charge in [0, 0.05) is 5.02 Å². The summed E-state index contributed by atoms with van der Waals surface area (Å²) < 4.78 is 26.5. The van der Waals surface area contributed by atoms with E-state index in [4.69, 9.17) is 20.9 Å². The zero-order valence-electron chi connectivity index (χ0n) is 15.1. The first-order chi connectivity index (χ1) is 14.2. The number of fused-ring (bicyclic) bond motifs is 1. The Kier molecular flexibility index (Phi) is 4.57. The van der Waals surface area contributed by atoms with Crippen molar-refractivity contribution in [1.82, 2.24) is 25.1 Å². The third-order valence-corrected chi connectivity index (χ3v) is 5.02. The van der Waals surface area contributed by atoms with Gasteiger partial charge in [-0.2, -0.15) is 4.98 Å². The molecule has 0 N–H and O–H groups in total. The Labute approximate surface area is 170 Å². The maximum atomic E-state index is 13.4. The largest absolute Gasteiger partial charge is 0.365 e. The number of rotatable bonds is 4. The van der Waals surface area contributed by atoms with Gasteiger partial charge in [0.25, 0.3) is 0 Å². The molecule has 0 saturated carbocycles. The van der Waals surface area contributed by atoms with E-state index in [1.54, 1.807) is 16.8 Å². The Morgan fingerprint density at radius 3 is 2.86 bits per heavy atom. The van der Waals surface area contributed by atoms with Gasteiger partial charge in [-0.3, -0.25) is 0 Å². The molecule has 29 heavy (non-hydrogen) atoms. The first kappa shape index (κ1) is 18.0. The van der Waals surface area contributed by atoms with E-state index in [0.717, 1.165) is 16.8 Å². The van der Waals surface area contributed by atoms with Crippen LogP contribution in [0.1, 0.15) is 28.8 Å². The molecule has 3 heterocycles. The van der Waals surface area contributed by atoms with Crippen molar-refractivity contribution in [1.29, 1.82) is 0 Å². The number of aromatic nitrogens is 5. The molecule has 0 aliphatic carbocycles. The van der Waals surface area contributed by atoms with Gasteiger partial charge in [-0.25, -0.2) is 9.07 Å². The fourth-order valence-electron chi connectivity index (χ4n) is 3.31. The molecule has 7 nitrogen and oxygen atoms in total. The SMILES string of the molecule is Fc1cccc(Cc2nc(-c3nnn4c3CO[C@@H](c3ccc(Cl)cc3)C4)no2)c1. The van der Waals surface area contributed by atoms with Crippen molar-refractivity contribution in [3.63, 3.8) is 0 Å². The topological polar surface area (TPSA) is 78.9 Å². The normalized spacial score (nSPS) is 16.0. The molecular formula is C20H15ClFN5O2. The van der Waals surface area contributed by atoms with E-state index < -0.39 is 0 Å². The van der Waals surface area contributed by atoms with Crippen LogP contribution in [0.5, 0.6) is 0 Å². The fourth-order valence-corrected chi connectivity index (χ4v) is 3.43. The van der Waals surface area contributed by atoms with E-state index in [1.165, 1.54) is 12.1 Å². The second kappa shape index (κ2) is 7.38. The highest BCUT2D eigenvalue weighted by atomic mass is 35.5. The van der Waals surface area contributed by atoms with Crippen LogP contribution in [0.3, 0.4) is 0 Å². The summed E-state index contributed by atoms with van der Waals surface area (Å²) in [7, 11) is 0. The van der Waals surface area contributed by atoms with Crippen LogP contribution in [0.25, 0.3) is 11.5 Å². The predicted octanol–water partition coefficient (Wildman–Crippen LogP) is 3.98. The summed E-state index contributed by atoms with van der Waals surface area (Å²) in [5, 5.41) is 13.1. The van der Waals surface area contributed by atoms with Crippen LogP contribution in [0, 0.1) is 5.82 Å². The number of hydrogen-bond donors (Lipinski definition) is 0. The molecule has 0 radical (unpaired) electrons. The van der Waals surface area contributed by atoms with Gasteiger partial charge in [0.1, 0.15) is 11.9 Å². The summed E-state index contributed by atoms with van der Waals surface area (Å²) in [5.74, 6) is 0.413. The van der Waals surface area contributed by atoms with Gasteiger partial charge in [0.05, 0.1) is 25.3 Å². The summed E-state index contributed by atoms with van der Waals surface area (Å²) in [4.78, 5) is 4.39. The van der Waals surface area contributed by atoms with Crippen molar-refractivity contribution in [2.45, 2.75) is 25.7 Å². The highest BCUT2D eigenvalue weighted by Gasteiger charge is 2.27. The average Bonchev–Trinajstić information content (AvgIpc) is 3.34. The van der Waals surface area contributed by atoms with Gasteiger partial charge >= 0.3 is 0 Å². The zero-order chi connectivity index (χ0) is 19.8. The van der Waals surface area contributed by atoms with Gasteiger partial charge in [-0.1, -0.05) is 46.2 Å². The molecule has 0 saturated heterocycles. The van der Waals surface area contributed by atoms with E-state index in [1.807, 2.05) is 24.3 Å². The van der Waals surface area contributed by atoms with E-state index in [0.29, 0.717) is 42.0 Å². The minimum Gasteiger partial charge on any atom is -0.365 e. The number of halogens is 2. The molecule has 9 heteroatoms. The first-order valence-corrected chi connectivity index (χ1v) is 9.40. The molecule has 5 rings (SSSR count). The summed E-state index contributed by atoms with van der Waals surface area (Å²) in [6.07, 6.45) is 0.201. The minimum atomic E-state index is -0.304. The monoisotopic (exact) mass is 411 g/mol. The first-order valence-electron chi connectivity index (χ1n) is 9.02. The van der Waals surface area contributed by atoms with Crippen molar-refractivity contribution in [3.05, 3.63) is 82.1 Å². The van der Waals surface area contributed by atoms with Crippen LogP contribution in [0.15, 0.2) is 53.1 Å². The Hall–Kier alpha value is -3.10. The lowest BCUT2D eigenvalue weighted by Crippen LogP contribution is -2.22. The average molecular weight is 412 g/mol. The molecular weight excluding hydrogens is 397 g/mol. The standard InChI is InChI=1S/C20H15ClFN5O2/c21-14-6-4-13(5-7-14)17-10-27-16(11-28-17)19(24-26-27)20-23-18(29-25-20)9-12-2-1-3-15(22)8-12/h1-8,17H,9-11H2/t17-/m1/s1. The van der Waals surface area contributed by atoms with Gasteiger partial charge in [0.2, 0.25) is 11.7 Å². The lowest BCUT2D eigenvalue weighted by atomic mass is 10.1. The molecule has 0 amide bonds. The van der Waals surface area contributed by atoms with Crippen LogP contribution in [0.2, 0.25) is 5.02 Å². The molecule has 2 aromatic heterocycles. The van der Waals surface area contributed by atoms with Crippen LogP contribution < -0.4 is 0 Å². The molecule has 1 atom stereocenters. The lowest BCUT2D eigenvalue weighted by Gasteiger charge is -2.24. The quantitative estimate of drug-likeness (QED) is 0.505. The highest BCUT2D eigenvalue weighted by Crippen LogP contribution is 2.30. The van der Waals surface area contributed by atoms with E-state index in [9.17, 15) is 4.39 Å². The predicted molar refractivity (Wildman–Crippen MR) is 102 cm³/mol. The molecule has 1 aliphatic rings. The van der Waals surface area contributed by atoms with Gasteiger partial charge in [-0.15, -0.1) is 5.10 Å². The third-order valence-electron chi connectivity index (χ3n) is 4.76. The van der Waals surface area contributed by atoms with Crippen molar-refractivity contribution in [2.75, 3.05) is 0 Å². The van der Waals surface area contributed by atoms with Crippen molar-refractivity contribution in [2.24, 2.45) is 0 Å². The Bertz CT molecular complexity index is 1160. The zero-order valence-corrected chi connectivity index (χ0v) is 15.9. The number of ether oxygens (including phenoxy) is 1. The summed E-state index contributed by atoms with van der Waals surface area (Å²) in [6.45, 7) is 0.849. The second-order valence-corrected chi connectivity index (χ2v) is 7.17. The van der Waals surface area contributed by atoms with Gasteiger partial charge in [0.15, 0.2) is 5.69 Å². The Morgan fingerprint density at radius 1 is 1.17 bits per heavy atom. The van der Waals surface area contributed by atoms with E-state index >= 15 is 0 Å².